The first-order valence-electron chi connectivity index (χ1n) is 9.61. The molecule has 0 saturated carbocycles. The van der Waals surface area contributed by atoms with Crippen molar-refractivity contribution >= 4 is 10.0 Å². The van der Waals surface area contributed by atoms with Crippen LogP contribution in [0.4, 0.5) is 0 Å². The molecule has 1 aliphatic heterocycles. The van der Waals surface area contributed by atoms with E-state index in [-0.39, 0.29) is 6.04 Å². The molecule has 1 unspecified atom stereocenters. The second-order valence-electron chi connectivity index (χ2n) is 7.91. The second kappa shape index (κ2) is 7.38. The summed E-state index contributed by atoms with van der Waals surface area (Å²) in [7, 11) is -1.45. The highest BCUT2D eigenvalue weighted by Crippen LogP contribution is 2.35. The molecule has 0 aliphatic carbocycles. The minimum Gasteiger partial charge on any atom is -0.335 e. The summed E-state index contributed by atoms with van der Waals surface area (Å²) in [6, 6.07) is 9.89. The number of benzene rings is 2. The minimum absolute atomic E-state index is 0.134. The van der Waals surface area contributed by atoms with Crippen molar-refractivity contribution in [3.8, 4) is 0 Å². The van der Waals surface area contributed by atoms with Crippen LogP contribution in [-0.2, 0) is 10.0 Å². The zero-order chi connectivity index (χ0) is 19.9. The summed E-state index contributed by atoms with van der Waals surface area (Å²) in [6.45, 7) is 12.2. The van der Waals surface area contributed by atoms with E-state index >= 15 is 0 Å². The van der Waals surface area contributed by atoms with Gasteiger partial charge in [-0.05, 0) is 68.0 Å². The number of hydrogen-bond donors (Lipinski definition) is 1. The summed E-state index contributed by atoms with van der Waals surface area (Å²) >= 11 is 0. The summed E-state index contributed by atoms with van der Waals surface area (Å²) in [6.07, 6.45) is 0. The Kier molecular flexibility index (Phi) is 5.48. The number of piperazine rings is 1. The van der Waals surface area contributed by atoms with E-state index in [9.17, 15) is 8.42 Å². The van der Waals surface area contributed by atoms with Gasteiger partial charge in [0.25, 0.3) is 0 Å². The van der Waals surface area contributed by atoms with Crippen molar-refractivity contribution < 1.29 is 13.3 Å². The molecular formula is C22H31N2O2S+. The van der Waals surface area contributed by atoms with Gasteiger partial charge in [0.1, 0.15) is 0 Å². The molecule has 4 nitrogen and oxygen atoms in total. The molecule has 5 heteroatoms. The molecule has 2 aromatic carbocycles. The molecule has 146 valence electrons. The molecule has 2 aromatic rings. The molecule has 0 amide bonds. The SMILES string of the molecule is Cc1c(C)c(C)c(S(=O)(=O)N2CC[NH+](C)C[C@@H]2c2ccccc2)c(C)c1C. The number of rotatable bonds is 3. The van der Waals surface area contributed by atoms with Gasteiger partial charge in [0, 0.05) is 0 Å². The van der Waals surface area contributed by atoms with Crippen LogP contribution in [0.2, 0.25) is 0 Å². The predicted molar refractivity (Wildman–Crippen MR) is 110 cm³/mol. The van der Waals surface area contributed by atoms with Gasteiger partial charge in [-0.3, -0.25) is 0 Å². The summed E-state index contributed by atoms with van der Waals surface area (Å²) in [5.74, 6) is 0. The maximum Gasteiger partial charge on any atom is 0.244 e. The first-order valence-corrected chi connectivity index (χ1v) is 11.0. The Bertz CT molecular complexity index is 923. The van der Waals surface area contributed by atoms with E-state index in [0.717, 1.165) is 40.9 Å². The van der Waals surface area contributed by atoms with Crippen LogP contribution in [0.15, 0.2) is 35.2 Å². The van der Waals surface area contributed by atoms with Gasteiger partial charge in [-0.2, -0.15) is 4.31 Å². The lowest BCUT2D eigenvalue weighted by Crippen LogP contribution is -3.12. The van der Waals surface area contributed by atoms with Crippen LogP contribution in [0.5, 0.6) is 0 Å². The largest absolute Gasteiger partial charge is 0.335 e. The second-order valence-corrected chi connectivity index (χ2v) is 9.73. The standard InChI is InChI=1S/C22H30N2O2S/c1-15-16(2)18(4)22(19(5)17(15)3)27(25,26)24-13-12-23(6)14-21(24)20-10-8-7-9-11-20/h7-11,21H,12-14H2,1-6H3/p+1/t21-/m1/s1. The summed E-state index contributed by atoms with van der Waals surface area (Å²) in [5, 5.41) is 0. The average Bonchev–Trinajstić information content (AvgIpc) is 2.65. The number of sulfonamides is 1. The normalized spacial score (nSPS) is 21.4. The van der Waals surface area contributed by atoms with Crippen LogP contribution in [0, 0.1) is 34.6 Å². The fourth-order valence-electron chi connectivity index (χ4n) is 4.21. The topological polar surface area (TPSA) is 41.8 Å². The lowest BCUT2D eigenvalue weighted by Gasteiger charge is -2.38. The first kappa shape index (κ1) is 20.1. The lowest BCUT2D eigenvalue weighted by molar-refractivity contribution is -0.887. The van der Waals surface area contributed by atoms with Crippen molar-refractivity contribution in [1.82, 2.24) is 4.31 Å². The van der Waals surface area contributed by atoms with Crippen LogP contribution >= 0.6 is 0 Å². The maximum atomic E-state index is 13.9. The average molecular weight is 388 g/mol. The summed E-state index contributed by atoms with van der Waals surface area (Å²) in [4.78, 5) is 1.86. The molecule has 0 bridgehead atoms. The van der Waals surface area contributed by atoms with Crippen LogP contribution < -0.4 is 4.90 Å². The van der Waals surface area contributed by atoms with Gasteiger partial charge >= 0.3 is 0 Å². The molecule has 2 atom stereocenters. The van der Waals surface area contributed by atoms with Crippen molar-refractivity contribution in [2.24, 2.45) is 0 Å². The maximum absolute atomic E-state index is 13.9. The van der Waals surface area contributed by atoms with Gasteiger partial charge in [-0.25, -0.2) is 8.42 Å². The van der Waals surface area contributed by atoms with Crippen molar-refractivity contribution in [3.05, 3.63) is 63.7 Å². The third-order valence-electron chi connectivity index (χ3n) is 6.33. The zero-order valence-electron chi connectivity index (χ0n) is 17.3. The van der Waals surface area contributed by atoms with E-state index in [1.807, 2.05) is 58.0 Å². The van der Waals surface area contributed by atoms with Crippen molar-refractivity contribution in [3.63, 3.8) is 0 Å². The third-order valence-corrected chi connectivity index (χ3v) is 8.51. The van der Waals surface area contributed by atoms with Gasteiger partial charge in [-0.15, -0.1) is 0 Å². The molecule has 0 spiro atoms. The summed E-state index contributed by atoms with van der Waals surface area (Å²) in [5.41, 5.74) is 6.17. The number of nitrogens with one attached hydrogen (secondary N) is 1. The zero-order valence-corrected chi connectivity index (χ0v) is 18.1. The van der Waals surface area contributed by atoms with Crippen molar-refractivity contribution in [2.45, 2.75) is 45.6 Å². The molecule has 1 saturated heterocycles. The van der Waals surface area contributed by atoms with Crippen LogP contribution in [0.25, 0.3) is 0 Å². The Morgan fingerprint density at radius 2 is 1.41 bits per heavy atom. The smallest absolute Gasteiger partial charge is 0.244 e. The molecule has 0 radical (unpaired) electrons. The van der Waals surface area contributed by atoms with Gasteiger partial charge in [0.05, 0.1) is 37.6 Å². The molecule has 1 aliphatic rings. The Morgan fingerprint density at radius 3 is 1.96 bits per heavy atom. The van der Waals surface area contributed by atoms with E-state index in [4.69, 9.17) is 0 Å². The van der Waals surface area contributed by atoms with Gasteiger partial charge in [0.15, 0.2) is 0 Å². The lowest BCUT2D eigenvalue weighted by atomic mass is 9.95. The van der Waals surface area contributed by atoms with Crippen LogP contribution in [0.1, 0.15) is 39.4 Å². The molecule has 1 N–H and O–H groups in total. The fraction of sp³-hybridized carbons (Fsp3) is 0.455. The highest BCUT2D eigenvalue weighted by atomic mass is 32.2. The monoisotopic (exact) mass is 387 g/mol. The molecule has 1 heterocycles. The first-order chi connectivity index (χ1) is 12.7. The Hall–Kier alpha value is -1.69. The van der Waals surface area contributed by atoms with E-state index in [0.29, 0.717) is 11.4 Å². The van der Waals surface area contributed by atoms with E-state index in [2.05, 4.69) is 14.0 Å². The Morgan fingerprint density at radius 1 is 0.889 bits per heavy atom. The molecule has 3 rings (SSSR count). The van der Waals surface area contributed by atoms with Crippen LogP contribution in [0.3, 0.4) is 0 Å². The number of likely N-dealkylation sites (N-methyl/N-ethyl adjacent to an activating group) is 1. The highest BCUT2D eigenvalue weighted by Gasteiger charge is 2.40. The number of quaternary nitrogens is 1. The quantitative estimate of drug-likeness (QED) is 0.879. The van der Waals surface area contributed by atoms with Crippen molar-refractivity contribution in [1.29, 1.82) is 0 Å². The van der Waals surface area contributed by atoms with Gasteiger partial charge in [0.2, 0.25) is 10.0 Å². The van der Waals surface area contributed by atoms with Crippen LogP contribution in [-0.4, -0.2) is 39.4 Å². The number of hydrogen-bond acceptors (Lipinski definition) is 2. The van der Waals surface area contributed by atoms with Gasteiger partial charge in [-0.1, -0.05) is 30.3 Å². The Labute approximate surface area is 163 Å². The highest BCUT2D eigenvalue weighted by molar-refractivity contribution is 7.89. The van der Waals surface area contributed by atoms with E-state index < -0.39 is 10.0 Å². The Balaban J connectivity index is 2.16. The number of nitrogens with zero attached hydrogens (tertiary/aromatic N) is 1. The van der Waals surface area contributed by atoms with Gasteiger partial charge < -0.3 is 4.90 Å². The molecular weight excluding hydrogens is 356 g/mol. The minimum atomic E-state index is -3.59. The molecule has 1 fully saturated rings. The molecule has 27 heavy (non-hydrogen) atoms. The fourth-order valence-corrected chi connectivity index (χ4v) is 6.39. The van der Waals surface area contributed by atoms with E-state index in [1.165, 1.54) is 10.5 Å². The molecule has 0 aromatic heterocycles. The van der Waals surface area contributed by atoms with Crippen molar-refractivity contribution in [2.75, 3.05) is 26.7 Å². The predicted octanol–water partition coefficient (Wildman–Crippen LogP) is 2.49. The third kappa shape index (κ3) is 3.44. The summed E-state index contributed by atoms with van der Waals surface area (Å²) < 4.78 is 29.4. The van der Waals surface area contributed by atoms with E-state index in [1.54, 1.807) is 4.31 Å².